The minimum absolute atomic E-state index is 0.0883. The lowest BCUT2D eigenvalue weighted by molar-refractivity contribution is -0.131. The highest BCUT2D eigenvalue weighted by atomic mass is 19.1. The molecule has 6 rings (SSSR count). The van der Waals surface area contributed by atoms with Crippen LogP contribution in [0.1, 0.15) is 43.0 Å². The number of nitriles is 1. The molecule has 0 radical (unpaired) electrons. The van der Waals surface area contributed by atoms with Gasteiger partial charge in [0.25, 0.3) is 5.91 Å². The summed E-state index contributed by atoms with van der Waals surface area (Å²) in [6.07, 6.45) is 2.99. The number of aryl methyl sites for hydroxylation is 1. The summed E-state index contributed by atoms with van der Waals surface area (Å²) in [4.78, 5) is 30.7. The first-order valence-corrected chi connectivity index (χ1v) is 15.4. The number of hydrogen-bond donors (Lipinski definition) is 0. The molecule has 2 saturated heterocycles. The fourth-order valence-electron chi connectivity index (χ4n) is 7.00. The largest absolute Gasteiger partial charge is 0.461 e. The molecule has 2 atom stereocenters. The molecule has 0 N–H and O–H groups in total. The predicted octanol–water partition coefficient (Wildman–Crippen LogP) is 4.78. The van der Waals surface area contributed by atoms with Crippen LogP contribution >= 0.6 is 0 Å². The number of halogens is 1. The van der Waals surface area contributed by atoms with Crippen molar-refractivity contribution in [2.75, 3.05) is 56.2 Å². The van der Waals surface area contributed by atoms with Crippen LogP contribution in [0.15, 0.2) is 48.8 Å². The summed E-state index contributed by atoms with van der Waals surface area (Å²) in [5.41, 5.74) is 4.29. The van der Waals surface area contributed by atoms with E-state index in [1.807, 2.05) is 0 Å². The van der Waals surface area contributed by atoms with Crippen LogP contribution in [0.2, 0.25) is 0 Å². The zero-order chi connectivity index (χ0) is 31.0. The van der Waals surface area contributed by atoms with Crippen LogP contribution in [-0.4, -0.2) is 83.6 Å². The first-order chi connectivity index (χ1) is 21.2. The number of likely N-dealkylation sites (tertiary alicyclic amines) is 1. The molecule has 3 aromatic rings. The Morgan fingerprint density at radius 3 is 2.68 bits per heavy atom. The molecule has 0 spiro atoms. The molecular weight excluding hydrogens is 557 g/mol. The van der Waals surface area contributed by atoms with Crippen LogP contribution in [-0.2, 0) is 17.8 Å². The summed E-state index contributed by atoms with van der Waals surface area (Å²) in [7, 11) is 2.13. The van der Waals surface area contributed by atoms with Gasteiger partial charge in [-0.1, -0.05) is 36.9 Å². The van der Waals surface area contributed by atoms with Gasteiger partial charge in [0.1, 0.15) is 12.4 Å². The van der Waals surface area contributed by atoms with E-state index in [-0.39, 0.29) is 18.5 Å². The normalized spacial score (nSPS) is 22.2. The molecule has 4 heterocycles. The lowest BCUT2D eigenvalue weighted by Crippen LogP contribution is -2.55. The van der Waals surface area contributed by atoms with Crippen molar-refractivity contribution in [1.29, 1.82) is 5.26 Å². The minimum atomic E-state index is -1.01. The minimum Gasteiger partial charge on any atom is -0.461 e. The van der Waals surface area contributed by atoms with E-state index < -0.39 is 17.8 Å². The number of amides is 1. The summed E-state index contributed by atoms with van der Waals surface area (Å²) in [5, 5.41) is 12.0. The summed E-state index contributed by atoms with van der Waals surface area (Å²) in [5.74, 6) is -0.989. The lowest BCUT2D eigenvalue weighted by Gasteiger charge is -2.42. The number of ether oxygens (including phenoxy) is 1. The Kier molecular flexibility index (Phi) is 8.16. The molecule has 2 aromatic carbocycles. The van der Waals surface area contributed by atoms with E-state index in [9.17, 15) is 14.4 Å². The van der Waals surface area contributed by atoms with Gasteiger partial charge in [-0.2, -0.15) is 15.2 Å². The Balaban J connectivity index is 1.35. The van der Waals surface area contributed by atoms with E-state index in [2.05, 4.69) is 84.6 Å². The fraction of sp³-hybridized carbons (Fsp3) is 0.471. The molecule has 1 unspecified atom stereocenters. The number of carbonyl (C=O) groups is 1. The second-order valence-corrected chi connectivity index (χ2v) is 12.6. The second-order valence-electron chi connectivity index (χ2n) is 12.6. The molecular formula is C34H40FN7O2. The number of hydrogen-bond acceptors (Lipinski definition) is 8. The van der Waals surface area contributed by atoms with E-state index in [0.717, 1.165) is 49.4 Å². The van der Waals surface area contributed by atoms with Gasteiger partial charge in [0, 0.05) is 42.8 Å². The summed E-state index contributed by atoms with van der Waals surface area (Å²) < 4.78 is 20.2. The van der Waals surface area contributed by atoms with Crippen molar-refractivity contribution < 1.29 is 13.9 Å². The SMILES string of the molecule is C=C(F)C(=O)N1CCN(c2nc(OCC3(C)CCCN3C)nc3c2CCN(c2cccc4cccc(C)c24)C3)C[C@@H]1CC#N. The number of piperazine rings is 1. The van der Waals surface area contributed by atoms with Crippen LogP contribution in [0, 0.1) is 18.3 Å². The van der Waals surface area contributed by atoms with Gasteiger partial charge in [-0.05, 0) is 63.7 Å². The number of aromatic nitrogens is 2. The molecule has 230 valence electrons. The second kappa shape index (κ2) is 12.0. The van der Waals surface area contributed by atoms with Crippen molar-refractivity contribution >= 4 is 28.2 Å². The maximum atomic E-state index is 13.8. The Morgan fingerprint density at radius 1 is 1.16 bits per heavy atom. The summed E-state index contributed by atoms with van der Waals surface area (Å²) >= 11 is 0. The van der Waals surface area contributed by atoms with E-state index >= 15 is 0 Å². The topological polar surface area (TPSA) is 88.8 Å². The molecule has 9 nitrogen and oxygen atoms in total. The molecule has 3 aliphatic heterocycles. The highest BCUT2D eigenvalue weighted by Gasteiger charge is 2.37. The van der Waals surface area contributed by atoms with Gasteiger partial charge in [0.05, 0.1) is 36.3 Å². The smallest absolute Gasteiger partial charge is 0.318 e. The highest BCUT2D eigenvalue weighted by molar-refractivity contribution is 5.97. The average molecular weight is 598 g/mol. The quantitative estimate of drug-likeness (QED) is 0.360. The number of anilines is 2. The van der Waals surface area contributed by atoms with Crippen molar-refractivity contribution in [3.63, 3.8) is 0 Å². The van der Waals surface area contributed by atoms with Crippen LogP contribution in [0.25, 0.3) is 10.8 Å². The Labute approximate surface area is 258 Å². The van der Waals surface area contributed by atoms with Crippen molar-refractivity contribution in [2.45, 2.75) is 57.7 Å². The van der Waals surface area contributed by atoms with Gasteiger partial charge in [0.2, 0.25) is 0 Å². The molecule has 0 bridgehead atoms. The van der Waals surface area contributed by atoms with Crippen molar-refractivity contribution in [3.8, 4) is 12.1 Å². The number of fused-ring (bicyclic) bond motifs is 2. The fourth-order valence-corrected chi connectivity index (χ4v) is 7.00. The molecule has 2 fully saturated rings. The van der Waals surface area contributed by atoms with E-state index in [0.29, 0.717) is 32.3 Å². The third kappa shape index (κ3) is 5.57. The maximum absolute atomic E-state index is 13.8. The van der Waals surface area contributed by atoms with E-state index in [1.54, 1.807) is 0 Å². The molecule has 1 aromatic heterocycles. The number of rotatable bonds is 7. The van der Waals surface area contributed by atoms with Crippen LogP contribution < -0.4 is 14.5 Å². The number of benzene rings is 2. The first-order valence-electron chi connectivity index (χ1n) is 15.4. The number of likely N-dealkylation sites (N-methyl/N-ethyl adjacent to an activating group) is 1. The number of carbonyl (C=O) groups excluding carboxylic acids is 1. The average Bonchev–Trinajstić information content (AvgIpc) is 3.36. The van der Waals surface area contributed by atoms with E-state index in [1.165, 1.54) is 26.9 Å². The van der Waals surface area contributed by atoms with E-state index in [4.69, 9.17) is 14.7 Å². The van der Waals surface area contributed by atoms with Crippen molar-refractivity contribution in [1.82, 2.24) is 19.8 Å². The Bertz CT molecular complexity index is 1630. The molecule has 3 aliphatic rings. The van der Waals surface area contributed by atoms with Gasteiger partial charge in [0.15, 0.2) is 5.83 Å². The third-order valence-electron chi connectivity index (χ3n) is 9.70. The van der Waals surface area contributed by atoms with Gasteiger partial charge in [-0.15, -0.1) is 0 Å². The Hall–Kier alpha value is -4.23. The van der Waals surface area contributed by atoms with Crippen LogP contribution in [0.4, 0.5) is 15.9 Å². The van der Waals surface area contributed by atoms with Crippen LogP contribution in [0.3, 0.4) is 0 Å². The lowest BCUT2D eigenvalue weighted by atomic mass is 9.99. The van der Waals surface area contributed by atoms with Gasteiger partial charge >= 0.3 is 6.01 Å². The third-order valence-corrected chi connectivity index (χ3v) is 9.70. The highest BCUT2D eigenvalue weighted by Crippen LogP contribution is 2.36. The molecule has 0 aliphatic carbocycles. The Morgan fingerprint density at radius 2 is 1.95 bits per heavy atom. The van der Waals surface area contributed by atoms with Gasteiger partial charge < -0.3 is 19.4 Å². The molecule has 0 saturated carbocycles. The van der Waals surface area contributed by atoms with Crippen molar-refractivity contribution in [2.24, 2.45) is 0 Å². The van der Waals surface area contributed by atoms with Crippen LogP contribution in [0.5, 0.6) is 6.01 Å². The molecule has 1 amide bonds. The van der Waals surface area contributed by atoms with Gasteiger partial charge in [-0.25, -0.2) is 4.39 Å². The summed E-state index contributed by atoms with van der Waals surface area (Å²) in [6.45, 7) is 11.6. The standard InChI is InChI=1S/C34H40FN7O2/c1-23-8-5-9-25-10-6-11-29(30(23)25)40-17-13-27-28(21-40)37-33(44-22-34(3)14-7-16-39(34)4)38-31(27)41-18-19-42(32(43)24(2)35)26(20-41)12-15-36/h5-6,8-11,26H,2,7,12-14,16-22H2,1,3-4H3/t26-,34?/m0/s1. The van der Waals surface area contributed by atoms with Gasteiger partial charge in [-0.3, -0.25) is 9.69 Å². The summed E-state index contributed by atoms with van der Waals surface area (Å²) in [6, 6.07) is 14.9. The monoisotopic (exact) mass is 597 g/mol. The molecule has 10 heteroatoms. The molecule has 44 heavy (non-hydrogen) atoms. The zero-order valence-electron chi connectivity index (χ0n) is 25.9. The van der Waals surface area contributed by atoms with Crippen molar-refractivity contribution in [3.05, 3.63) is 65.6 Å². The zero-order valence-corrected chi connectivity index (χ0v) is 25.9. The maximum Gasteiger partial charge on any atom is 0.318 e. The first kappa shape index (κ1) is 29.8. The number of nitrogens with zero attached hydrogens (tertiary/aromatic N) is 7. The predicted molar refractivity (Wildman–Crippen MR) is 169 cm³/mol.